The molecule has 0 spiro atoms. The van der Waals surface area contributed by atoms with Gasteiger partial charge in [-0.1, -0.05) is 31.0 Å². The van der Waals surface area contributed by atoms with Gasteiger partial charge in [-0.25, -0.2) is 4.79 Å². The van der Waals surface area contributed by atoms with E-state index in [1.807, 2.05) is 4.90 Å². The molecule has 4 rings (SSSR count). The lowest BCUT2D eigenvalue weighted by Crippen LogP contribution is -2.53. The van der Waals surface area contributed by atoms with Gasteiger partial charge in [0.15, 0.2) is 0 Å². The van der Waals surface area contributed by atoms with Gasteiger partial charge in [0.05, 0.1) is 0 Å². The Balaban J connectivity index is 1.19. The van der Waals surface area contributed by atoms with E-state index in [4.69, 9.17) is 0 Å². The molecule has 1 aromatic rings. The lowest BCUT2D eigenvalue weighted by Gasteiger charge is -2.39. The summed E-state index contributed by atoms with van der Waals surface area (Å²) >= 11 is 0. The first-order chi connectivity index (χ1) is 13.7. The zero-order valence-electron chi connectivity index (χ0n) is 17.4. The number of rotatable bonds is 4. The predicted octanol–water partition coefficient (Wildman–Crippen LogP) is 3.70. The number of amides is 2. The number of nitrogens with zero attached hydrogens (tertiary/aromatic N) is 3. The first kappa shape index (κ1) is 19.6. The van der Waals surface area contributed by atoms with Gasteiger partial charge in [0.2, 0.25) is 0 Å². The van der Waals surface area contributed by atoms with Crippen LogP contribution in [0.25, 0.3) is 0 Å². The number of carbonyl (C=O) groups excluding carboxylic acids is 1. The Kier molecular flexibility index (Phi) is 6.40. The van der Waals surface area contributed by atoms with Crippen molar-refractivity contribution in [2.24, 2.45) is 0 Å². The quantitative estimate of drug-likeness (QED) is 0.860. The van der Waals surface area contributed by atoms with Gasteiger partial charge in [0.25, 0.3) is 0 Å². The maximum atomic E-state index is 12.7. The van der Waals surface area contributed by atoms with Gasteiger partial charge in [-0.3, -0.25) is 0 Å². The molecule has 0 aromatic heterocycles. The molecule has 2 heterocycles. The average Bonchev–Trinajstić information content (AvgIpc) is 3.29. The Morgan fingerprint density at radius 2 is 1.57 bits per heavy atom. The van der Waals surface area contributed by atoms with Crippen molar-refractivity contribution < 1.29 is 4.79 Å². The Bertz CT molecular complexity index is 615. The molecular weight excluding hydrogens is 348 g/mol. The van der Waals surface area contributed by atoms with E-state index in [9.17, 15) is 4.79 Å². The number of anilines is 1. The third-order valence-corrected chi connectivity index (χ3v) is 7.16. The van der Waals surface area contributed by atoms with Crippen molar-refractivity contribution in [3.8, 4) is 0 Å². The normalized spacial score (nSPS) is 23.1. The minimum atomic E-state index is 0.153. The third kappa shape index (κ3) is 4.62. The summed E-state index contributed by atoms with van der Waals surface area (Å²) in [5, 5.41) is 3.32. The molecule has 0 bridgehead atoms. The molecule has 2 saturated heterocycles. The minimum Gasteiger partial charge on any atom is -0.371 e. The van der Waals surface area contributed by atoms with Crippen LogP contribution in [0.1, 0.15) is 51.4 Å². The van der Waals surface area contributed by atoms with E-state index in [-0.39, 0.29) is 6.03 Å². The zero-order valence-corrected chi connectivity index (χ0v) is 17.4. The molecular formula is C23H36N4O. The molecule has 0 unspecified atom stereocenters. The molecule has 154 valence electrons. The summed E-state index contributed by atoms with van der Waals surface area (Å²) in [7, 11) is 2.17. The van der Waals surface area contributed by atoms with Crippen molar-refractivity contribution in [2.75, 3.05) is 38.1 Å². The first-order valence-corrected chi connectivity index (χ1v) is 11.3. The number of likely N-dealkylation sites (tertiary alicyclic amines) is 2. The lowest BCUT2D eigenvalue weighted by molar-refractivity contribution is 0.137. The number of nitrogens with one attached hydrogen (secondary N) is 1. The highest BCUT2D eigenvalue weighted by Gasteiger charge is 2.30. The van der Waals surface area contributed by atoms with Gasteiger partial charge in [0.1, 0.15) is 0 Å². The average molecular weight is 385 g/mol. The Hall–Kier alpha value is -1.75. The van der Waals surface area contributed by atoms with Crippen molar-refractivity contribution in [3.05, 3.63) is 30.3 Å². The van der Waals surface area contributed by atoms with Crippen molar-refractivity contribution >= 4 is 11.7 Å². The van der Waals surface area contributed by atoms with Gasteiger partial charge >= 0.3 is 6.03 Å². The summed E-state index contributed by atoms with van der Waals surface area (Å²) in [6, 6.07) is 12.4. The number of para-hydroxylation sites is 1. The smallest absolute Gasteiger partial charge is 0.317 e. The second-order valence-corrected chi connectivity index (χ2v) is 8.86. The van der Waals surface area contributed by atoms with E-state index in [1.165, 1.54) is 31.4 Å². The second-order valence-electron chi connectivity index (χ2n) is 8.86. The molecule has 1 aliphatic carbocycles. The Morgan fingerprint density at radius 1 is 0.929 bits per heavy atom. The Labute approximate surface area is 170 Å². The van der Waals surface area contributed by atoms with E-state index in [0.29, 0.717) is 12.1 Å². The third-order valence-electron chi connectivity index (χ3n) is 7.16. The number of benzene rings is 1. The Morgan fingerprint density at radius 3 is 2.21 bits per heavy atom. The number of carbonyl (C=O) groups is 1. The molecule has 5 heteroatoms. The molecule has 1 N–H and O–H groups in total. The highest BCUT2D eigenvalue weighted by atomic mass is 16.2. The largest absolute Gasteiger partial charge is 0.371 e. The highest BCUT2D eigenvalue weighted by molar-refractivity contribution is 5.74. The number of piperidine rings is 2. The lowest BCUT2D eigenvalue weighted by atomic mass is 10.0. The summed E-state index contributed by atoms with van der Waals surface area (Å²) in [4.78, 5) is 19.8. The molecule has 0 atom stereocenters. The second kappa shape index (κ2) is 9.17. The van der Waals surface area contributed by atoms with Crippen molar-refractivity contribution in [1.82, 2.24) is 15.1 Å². The number of urea groups is 1. The summed E-state index contributed by atoms with van der Waals surface area (Å²) in [5.41, 5.74) is 1.26. The van der Waals surface area contributed by atoms with Crippen molar-refractivity contribution in [3.63, 3.8) is 0 Å². The van der Waals surface area contributed by atoms with Crippen LogP contribution in [-0.4, -0.2) is 67.2 Å². The van der Waals surface area contributed by atoms with E-state index in [0.717, 1.165) is 57.9 Å². The van der Waals surface area contributed by atoms with Crippen LogP contribution in [0.2, 0.25) is 0 Å². The molecule has 2 aliphatic heterocycles. The molecule has 1 saturated carbocycles. The summed E-state index contributed by atoms with van der Waals surface area (Å²) in [6.07, 6.45) is 9.85. The van der Waals surface area contributed by atoms with Gasteiger partial charge < -0.3 is 20.0 Å². The molecule has 3 aliphatic rings. The maximum absolute atomic E-state index is 12.7. The minimum absolute atomic E-state index is 0.153. The predicted molar refractivity (Wildman–Crippen MR) is 115 cm³/mol. The first-order valence-electron chi connectivity index (χ1n) is 11.3. The van der Waals surface area contributed by atoms with Crippen LogP contribution < -0.4 is 10.2 Å². The van der Waals surface area contributed by atoms with Gasteiger partial charge in [-0.2, -0.15) is 0 Å². The molecule has 1 aromatic carbocycles. The van der Waals surface area contributed by atoms with Crippen LogP contribution in [0.3, 0.4) is 0 Å². The van der Waals surface area contributed by atoms with E-state index < -0.39 is 0 Å². The topological polar surface area (TPSA) is 38.8 Å². The monoisotopic (exact) mass is 384 g/mol. The number of hydrogen-bond donors (Lipinski definition) is 1. The van der Waals surface area contributed by atoms with Crippen molar-refractivity contribution in [1.29, 1.82) is 0 Å². The fourth-order valence-corrected chi connectivity index (χ4v) is 5.27. The van der Waals surface area contributed by atoms with Crippen LogP contribution in [0.15, 0.2) is 30.3 Å². The molecule has 28 heavy (non-hydrogen) atoms. The van der Waals surface area contributed by atoms with Crippen LogP contribution in [0.5, 0.6) is 0 Å². The molecule has 3 fully saturated rings. The summed E-state index contributed by atoms with van der Waals surface area (Å²) in [5.74, 6) is 0. The molecule has 0 radical (unpaired) electrons. The summed E-state index contributed by atoms with van der Waals surface area (Å²) < 4.78 is 0. The maximum Gasteiger partial charge on any atom is 0.317 e. The standard InChI is InChI=1S/C23H36N4O/c1-25(20-7-3-2-4-8-20)21-13-17-27(18-14-21)23(28)24-19-11-15-26(16-12-19)22-9-5-6-10-22/h2-4,7-8,19,21-22H,5-6,9-18H2,1H3,(H,24,28). The van der Waals surface area contributed by atoms with Gasteiger partial charge in [-0.15, -0.1) is 0 Å². The van der Waals surface area contributed by atoms with Crippen LogP contribution >= 0.6 is 0 Å². The fourth-order valence-electron chi connectivity index (χ4n) is 5.27. The van der Waals surface area contributed by atoms with Crippen LogP contribution in [0, 0.1) is 0 Å². The van der Waals surface area contributed by atoms with Crippen LogP contribution in [-0.2, 0) is 0 Å². The number of hydrogen-bond acceptors (Lipinski definition) is 3. The van der Waals surface area contributed by atoms with Crippen LogP contribution in [0.4, 0.5) is 10.5 Å². The molecule has 5 nitrogen and oxygen atoms in total. The van der Waals surface area contributed by atoms with Gasteiger partial charge in [0, 0.05) is 57.0 Å². The SMILES string of the molecule is CN(c1ccccc1)C1CCN(C(=O)NC2CCN(C3CCCC3)CC2)CC1. The van der Waals surface area contributed by atoms with E-state index >= 15 is 0 Å². The van der Waals surface area contributed by atoms with E-state index in [1.54, 1.807) is 0 Å². The fraction of sp³-hybridized carbons (Fsp3) is 0.696. The highest BCUT2D eigenvalue weighted by Crippen LogP contribution is 2.26. The zero-order chi connectivity index (χ0) is 19.3. The van der Waals surface area contributed by atoms with Crippen molar-refractivity contribution in [2.45, 2.75) is 69.5 Å². The van der Waals surface area contributed by atoms with Gasteiger partial charge in [-0.05, 0) is 50.7 Å². The summed E-state index contributed by atoms with van der Waals surface area (Å²) in [6.45, 7) is 4.02. The van der Waals surface area contributed by atoms with E-state index in [2.05, 4.69) is 52.5 Å². The molecule has 2 amide bonds.